The van der Waals surface area contributed by atoms with Crippen LogP contribution in [0.1, 0.15) is 28.7 Å². The van der Waals surface area contributed by atoms with Crippen LogP contribution in [0.25, 0.3) is 0 Å². The molecule has 0 spiro atoms. The lowest BCUT2D eigenvalue weighted by Crippen LogP contribution is -2.41. The van der Waals surface area contributed by atoms with Crippen molar-refractivity contribution in [2.45, 2.75) is 19.9 Å². The van der Waals surface area contributed by atoms with Crippen molar-refractivity contribution in [1.82, 2.24) is 20.4 Å². The highest BCUT2D eigenvalue weighted by Crippen LogP contribution is 2.20. The van der Waals surface area contributed by atoms with Gasteiger partial charge in [0, 0.05) is 31.3 Å². The number of urea groups is 1. The maximum Gasteiger partial charge on any atom is 0.359 e. The Labute approximate surface area is 104 Å². The summed E-state index contributed by atoms with van der Waals surface area (Å²) in [5.74, 6) is -0.450. The number of carbonyl (C=O) groups excluding carboxylic acids is 2. The molecule has 0 fully saturated rings. The highest BCUT2D eigenvalue weighted by molar-refractivity contribution is 5.89. The Hall–Kier alpha value is -2.05. The summed E-state index contributed by atoms with van der Waals surface area (Å²) in [5.41, 5.74) is 1.93. The number of nitrogens with one attached hydrogen (secondary N) is 2. The Morgan fingerprint density at radius 1 is 1.56 bits per heavy atom. The lowest BCUT2D eigenvalue weighted by atomic mass is 10.1. The molecule has 18 heavy (non-hydrogen) atoms. The van der Waals surface area contributed by atoms with Crippen molar-refractivity contribution in [1.29, 1.82) is 0 Å². The van der Waals surface area contributed by atoms with E-state index in [-0.39, 0.29) is 11.7 Å². The number of H-pyrrole nitrogens is 1. The number of carbonyl (C=O) groups is 2. The van der Waals surface area contributed by atoms with Crippen LogP contribution in [0.3, 0.4) is 0 Å². The molecule has 2 heterocycles. The molecule has 0 aliphatic carbocycles. The molecule has 1 aromatic heterocycles. The number of ether oxygens (including phenoxy) is 1. The first-order valence-corrected chi connectivity index (χ1v) is 5.87. The van der Waals surface area contributed by atoms with E-state index >= 15 is 0 Å². The molecule has 98 valence electrons. The fourth-order valence-corrected chi connectivity index (χ4v) is 1.99. The van der Waals surface area contributed by atoms with Crippen molar-refractivity contribution < 1.29 is 14.3 Å². The first kappa shape index (κ1) is 12.4. The molecular weight excluding hydrogens is 236 g/mol. The lowest BCUT2D eigenvalue weighted by molar-refractivity contribution is 0.0516. The van der Waals surface area contributed by atoms with Gasteiger partial charge in [-0.25, -0.2) is 9.59 Å². The molecule has 0 unspecified atom stereocenters. The summed E-state index contributed by atoms with van der Waals surface area (Å²) in [6.07, 6.45) is 0.662. The van der Waals surface area contributed by atoms with E-state index in [9.17, 15) is 9.59 Å². The van der Waals surface area contributed by atoms with Crippen LogP contribution in [0.2, 0.25) is 0 Å². The summed E-state index contributed by atoms with van der Waals surface area (Å²) in [6, 6.07) is -0.156. The number of hydrogen-bond donors (Lipinski definition) is 2. The summed E-state index contributed by atoms with van der Waals surface area (Å²) in [4.78, 5) is 24.9. The van der Waals surface area contributed by atoms with Gasteiger partial charge in [0.15, 0.2) is 5.69 Å². The second kappa shape index (κ2) is 5.07. The topological polar surface area (TPSA) is 87.3 Å². The standard InChI is InChI=1S/C11H16N4O3/c1-3-18-10(16)9-7-6-15(11(17)12-2)5-4-8(7)13-14-9/h3-6H2,1-2H3,(H,12,17)(H,13,14). The number of rotatable bonds is 2. The second-order valence-electron chi connectivity index (χ2n) is 3.98. The predicted molar refractivity (Wildman–Crippen MR) is 63.1 cm³/mol. The Kier molecular flexibility index (Phi) is 3.50. The highest BCUT2D eigenvalue weighted by Gasteiger charge is 2.27. The molecular formula is C11H16N4O3. The summed E-state index contributed by atoms with van der Waals surface area (Å²) >= 11 is 0. The second-order valence-corrected chi connectivity index (χ2v) is 3.98. The van der Waals surface area contributed by atoms with Gasteiger partial charge in [0.2, 0.25) is 0 Å². The predicted octanol–water partition coefficient (Wildman–Crippen LogP) is 0.284. The van der Waals surface area contributed by atoms with E-state index in [4.69, 9.17) is 4.74 Å². The summed E-state index contributed by atoms with van der Waals surface area (Å²) < 4.78 is 4.93. The molecule has 1 aliphatic rings. The first-order chi connectivity index (χ1) is 8.67. The molecule has 0 atom stereocenters. The van der Waals surface area contributed by atoms with Crippen LogP contribution in [-0.4, -0.2) is 47.3 Å². The normalized spacial score (nSPS) is 14.0. The molecule has 0 saturated carbocycles. The van der Waals surface area contributed by atoms with Crippen LogP contribution in [0.4, 0.5) is 4.79 Å². The van der Waals surface area contributed by atoms with E-state index < -0.39 is 5.97 Å². The smallest absolute Gasteiger partial charge is 0.359 e. The quantitative estimate of drug-likeness (QED) is 0.740. The zero-order chi connectivity index (χ0) is 13.1. The number of esters is 1. The van der Waals surface area contributed by atoms with Gasteiger partial charge in [-0.3, -0.25) is 5.10 Å². The fraction of sp³-hybridized carbons (Fsp3) is 0.545. The van der Waals surface area contributed by atoms with E-state index in [1.807, 2.05) is 0 Å². The van der Waals surface area contributed by atoms with E-state index in [0.717, 1.165) is 11.3 Å². The maximum absolute atomic E-state index is 11.7. The van der Waals surface area contributed by atoms with E-state index in [1.165, 1.54) is 0 Å². The number of hydrogen-bond acceptors (Lipinski definition) is 4. The minimum Gasteiger partial charge on any atom is -0.461 e. The van der Waals surface area contributed by atoms with Crippen LogP contribution in [0.5, 0.6) is 0 Å². The Morgan fingerprint density at radius 2 is 2.33 bits per heavy atom. The van der Waals surface area contributed by atoms with Crippen LogP contribution < -0.4 is 5.32 Å². The zero-order valence-corrected chi connectivity index (χ0v) is 10.4. The molecule has 1 aromatic rings. The van der Waals surface area contributed by atoms with Crippen LogP contribution >= 0.6 is 0 Å². The van der Waals surface area contributed by atoms with Crippen molar-refractivity contribution in [3.8, 4) is 0 Å². The number of aromatic amines is 1. The van der Waals surface area contributed by atoms with Crippen molar-refractivity contribution >= 4 is 12.0 Å². The van der Waals surface area contributed by atoms with E-state index in [2.05, 4.69) is 15.5 Å². The molecule has 0 aromatic carbocycles. The molecule has 0 bridgehead atoms. The first-order valence-electron chi connectivity index (χ1n) is 5.87. The van der Waals surface area contributed by atoms with Gasteiger partial charge in [-0.15, -0.1) is 0 Å². The lowest BCUT2D eigenvalue weighted by Gasteiger charge is -2.26. The molecule has 0 radical (unpaired) electrons. The largest absolute Gasteiger partial charge is 0.461 e. The Balaban J connectivity index is 2.21. The summed E-state index contributed by atoms with van der Waals surface area (Å²) in [7, 11) is 1.58. The van der Waals surface area contributed by atoms with Gasteiger partial charge in [0.05, 0.1) is 13.2 Å². The van der Waals surface area contributed by atoms with Gasteiger partial charge in [-0.2, -0.15) is 5.10 Å². The van der Waals surface area contributed by atoms with Gasteiger partial charge < -0.3 is 15.0 Å². The van der Waals surface area contributed by atoms with E-state index in [1.54, 1.807) is 18.9 Å². The summed E-state index contributed by atoms with van der Waals surface area (Å²) in [5, 5.41) is 9.38. The van der Waals surface area contributed by atoms with Crippen molar-refractivity contribution in [2.24, 2.45) is 0 Å². The summed E-state index contributed by atoms with van der Waals surface area (Å²) in [6.45, 7) is 3.03. The third kappa shape index (κ3) is 2.15. The Morgan fingerprint density at radius 3 is 3.00 bits per heavy atom. The van der Waals surface area contributed by atoms with E-state index in [0.29, 0.717) is 26.1 Å². The minimum absolute atomic E-state index is 0.156. The third-order valence-electron chi connectivity index (χ3n) is 2.90. The van der Waals surface area contributed by atoms with Crippen LogP contribution in [0, 0.1) is 0 Å². The average molecular weight is 252 g/mol. The molecule has 2 rings (SSSR count). The number of aromatic nitrogens is 2. The zero-order valence-electron chi connectivity index (χ0n) is 10.4. The molecule has 1 aliphatic heterocycles. The fourth-order valence-electron chi connectivity index (χ4n) is 1.99. The van der Waals surface area contributed by atoms with Gasteiger partial charge >= 0.3 is 12.0 Å². The van der Waals surface area contributed by atoms with Crippen molar-refractivity contribution in [2.75, 3.05) is 20.2 Å². The number of amides is 2. The third-order valence-corrected chi connectivity index (χ3v) is 2.90. The van der Waals surface area contributed by atoms with Crippen LogP contribution in [-0.2, 0) is 17.7 Å². The molecule has 2 N–H and O–H groups in total. The SMILES string of the molecule is CCOC(=O)c1n[nH]c2c1CN(C(=O)NC)CC2. The van der Waals surface area contributed by atoms with Crippen LogP contribution in [0.15, 0.2) is 0 Å². The molecule has 0 saturated heterocycles. The molecule has 2 amide bonds. The van der Waals surface area contributed by atoms with Gasteiger partial charge in [0.25, 0.3) is 0 Å². The minimum atomic E-state index is -0.450. The van der Waals surface area contributed by atoms with Gasteiger partial charge in [-0.1, -0.05) is 0 Å². The van der Waals surface area contributed by atoms with Crippen molar-refractivity contribution in [3.05, 3.63) is 17.0 Å². The molecule has 7 heteroatoms. The maximum atomic E-state index is 11.7. The molecule has 7 nitrogen and oxygen atoms in total. The van der Waals surface area contributed by atoms with Crippen molar-refractivity contribution in [3.63, 3.8) is 0 Å². The number of nitrogens with zero attached hydrogens (tertiary/aromatic N) is 2. The highest BCUT2D eigenvalue weighted by atomic mass is 16.5. The van der Waals surface area contributed by atoms with Gasteiger partial charge in [-0.05, 0) is 6.92 Å². The Bertz CT molecular complexity index is 469. The average Bonchev–Trinajstić information content (AvgIpc) is 2.80. The van der Waals surface area contributed by atoms with Gasteiger partial charge in [0.1, 0.15) is 0 Å². The number of fused-ring (bicyclic) bond motifs is 1. The monoisotopic (exact) mass is 252 g/mol.